The van der Waals surface area contributed by atoms with Gasteiger partial charge in [0, 0.05) is 31.8 Å². The normalized spacial score (nSPS) is 10.7. The van der Waals surface area contributed by atoms with Gasteiger partial charge in [-0.25, -0.2) is 4.98 Å². The van der Waals surface area contributed by atoms with Crippen LogP contribution in [0.5, 0.6) is 0 Å². The van der Waals surface area contributed by atoms with Crippen LogP contribution in [0.3, 0.4) is 0 Å². The molecule has 0 bridgehead atoms. The van der Waals surface area contributed by atoms with Gasteiger partial charge in [-0.3, -0.25) is 9.78 Å². The summed E-state index contributed by atoms with van der Waals surface area (Å²) in [5.74, 6) is 0.863. The third-order valence-electron chi connectivity index (χ3n) is 3.27. The van der Waals surface area contributed by atoms with E-state index in [1.807, 2.05) is 36.4 Å². The Morgan fingerprint density at radius 2 is 1.95 bits per heavy atom. The van der Waals surface area contributed by atoms with Crippen molar-refractivity contribution in [2.24, 2.45) is 0 Å². The van der Waals surface area contributed by atoms with Gasteiger partial charge in [0.25, 0.3) is 0 Å². The second-order valence-corrected chi connectivity index (χ2v) is 4.83. The molecule has 2 aromatic heterocycles. The van der Waals surface area contributed by atoms with Crippen molar-refractivity contribution < 1.29 is 4.79 Å². The molecule has 21 heavy (non-hydrogen) atoms. The number of para-hydroxylation sites is 2. The Balaban J connectivity index is 1.51. The number of fused-ring (bicyclic) bond motifs is 1. The molecule has 106 valence electrons. The molecular weight excluding hydrogens is 264 g/mol. The number of imidazole rings is 1. The van der Waals surface area contributed by atoms with E-state index in [-0.39, 0.29) is 5.91 Å². The molecule has 0 saturated heterocycles. The highest BCUT2D eigenvalue weighted by Gasteiger charge is 2.06. The van der Waals surface area contributed by atoms with Gasteiger partial charge in [-0.05, 0) is 29.8 Å². The average molecular weight is 280 g/mol. The number of hydrogen-bond donors (Lipinski definition) is 2. The first-order valence-corrected chi connectivity index (χ1v) is 6.90. The Morgan fingerprint density at radius 3 is 2.76 bits per heavy atom. The lowest BCUT2D eigenvalue weighted by molar-refractivity contribution is -0.121. The predicted molar refractivity (Wildman–Crippen MR) is 80.5 cm³/mol. The van der Waals surface area contributed by atoms with Crippen molar-refractivity contribution in [2.45, 2.75) is 19.4 Å². The quantitative estimate of drug-likeness (QED) is 0.752. The summed E-state index contributed by atoms with van der Waals surface area (Å²) in [5.41, 5.74) is 2.98. The fourth-order valence-electron chi connectivity index (χ4n) is 2.15. The number of aromatic nitrogens is 3. The van der Waals surface area contributed by atoms with E-state index in [2.05, 4.69) is 20.3 Å². The number of H-pyrrole nitrogens is 1. The van der Waals surface area contributed by atoms with Crippen LogP contribution in [0.1, 0.15) is 17.8 Å². The highest BCUT2D eigenvalue weighted by molar-refractivity contribution is 5.77. The first-order valence-electron chi connectivity index (χ1n) is 6.90. The van der Waals surface area contributed by atoms with Gasteiger partial charge in [-0.2, -0.15) is 0 Å². The van der Waals surface area contributed by atoms with Crippen molar-refractivity contribution in [2.75, 3.05) is 0 Å². The molecule has 3 aromatic rings. The lowest BCUT2D eigenvalue weighted by Gasteiger charge is -2.04. The number of nitrogens with one attached hydrogen (secondary N) is 2. The van der Waals surface area contributed by atoms with E-state index in [4.69, 9.17) is 0 Å². The first-order chi connectivity index (χ1) is 10.3. The van der Waals surface area contributed by atoms with Crippen LogP contribution in [0.4, 0.5) is 0 Å². The van der Waals surface area contributed by atoms with Crippen LogP contribution < -0.4 is 5.32 Å². The van der Waals surface area contributed by atoms with Gasteiger partial charge in [0.1, 0.15) is 5.82 Å². The summed E-state index contributed by atoms with van der Waals surface area (Å²) in [7, 11) is 0. The largest absolute Gasteiger partial charge is 0.352 e. The highest BCUT2D eigenvalue weighted by Crippen LogP contribution is 2.11. The minimum Gasteiger partial charge on any atom is -0.352 e. The predicted octanol–water partition coefficient (Wildman–Crippen LogP) is 2.21. The zero-order valence-electron chi connectivity index (χ0n) is 11.5. The fraction of sp³-hybridized carbons (Fsp3) is 0.188. The summed E-state index contributed by atoms with van der Waals surface area (Å²) in [4.78, 5) is 23.5. The Labute approximate surface area is 122 Å². The van der Waals surface area contributed by atoms with Crippen LogP contribution in [0, 0.1) is 0 Å². The summed E-state index contributed by atoms with van der Waals surface area (Å²) < 4.78 is 0. The standard InChI is InChI=1S/C16H16N4O/c21-16(18-11-12-7-9-17-10-8-12)6-5-15-19-13-3-1-2-4-14(13)20-15/h1-4,7-10H,5-6,11H2,(H,18,21)(H,19,20). The van der Waals surface area contributed by atoms with Gasteiger partial charge in [-0.15, -0.1) is 0 Å². The number of aryl methyl sites for hydroxylation is 1. The van der Waals surface area contributed by atoms with Crippen LogP contribution >= 0.6 is 0 Å². The van der Waals surface area contributed by atoms with E-state index in [0.29, 0.717) is 19.4 Å². The molecule has 0 aliphatic heterocycles. The molecule has 1 amide bonds. The minimum absolute atomic E-state index is 0.0206. The van der Waals surface area contributed by atoms with Gasteiger partial charge >= 0.3 is 0 Å². The summed E-state index contributed by atoms with van der Waals surface area (Å²) in [6.07, 6.45) is 4.47. The van der Waals surface area contributed by atoms with Crippen molar-refractivity contribution in [3.05, 3.63) is 60.2 Å². The summed E-state index contributed by atoms with van der Waals surface area (Å²) in [6, 6.07) is 11.6. The molecule has 1 aromatic carbocycles. The van der Waals surface area contributed by atoms with E-state index in [9.17, 15) is 4.79 Å². The van der Waals surface area contributed by atoms with Gasteiger partial charge in [0.15, 0.2) is 0 Å². The average Bonchev–Trinajstić information content (AvgIpc) is 2.95. The van der Waals surface area contributed by atoms with Gasteiger partial charge in [0.2, 0.25) is 5.91 Å². The van der Waals surface area contributed by atoms with Crippen molar-refractivity contribution >= 4 is 16.9 Å². The number of pyridine rings is 1. The monoisotopic (exact) mass is 280 g/mol. The number of benzene rings is 1. The summed E-state index contributed by atoms with van der Waals surface area (Å²) in [5, 5.41) is 2.89. The van der Waals surface area contributed by atoms with Crippen LogP contribution in [-0.2, 0) is 17.8 Å². The Kier molecular flexibility index (Phi) is 3.91. The molecule has 0 saturated carbocycles. The molecule has 0 unspecified atom stereocenters. The van der Waals surface area contributed by atoms with Gasteiger partial charge in [-0.1, -0.05) is 12.1 Å². The Hall–Kier alpha value is -2.69. The van der Waals surface area contributed by atoms with Gasteiger partial charge < -0.3 is 10.3 Å². The highest BCUT2D eigenvalue weighted by atomic mass is 16.1. The summed E-state index contributed by atoms with van der Waals surface area (Å²) >= 11 is 0. The van der Waals surface area contributed by atoms with Crippen molar-refractivity contribution in [1.82, 2.24) is 20.3 Å². The van der Waals surface area contributed by atoms with Crippen molar-refractivity contribution in [3.63, 3.8) is 0 Å². The topological polar surface area (TPSA) is 70.7 Å². The lowest BCUT2D eigenvalue weighted by Crippen LogP contribution is -2.23. The molecule has 0 fully saturated rings. The smallest absolute Gasteiger partial charge is 0.220 e. The zero-order valence-corrected chi connectivity index (χ0v) is 11.5. The Bertz CT molecular complexity index is 703. The SMILES string of the molecule is O=C(CCc1nc2ccccc2[nH]1)NCc1ccncc1. The molecule has 0 radical (unpaired) electrons. The number of rotatable bonds is 5. The number of carbonyl (C=O) groups excluding carboxylic acids is 1. The van der Waals surface area contributed by atoms with E-state index in [0.717, 1.165) is 22.4 Å². The molecular formula is C16H16N4O. The number of hydrogen-bond acceptors (Lipinski definition) is 3. The maximum absolute atomic E-state index is 11.8. The number of nitrogens with zero attached hydrogens (tertiary/aromatic N) is 2. The maximum Gasteiger partial charge on any atom is 0.220 e. The van der Waals surface area contributed by atoms with Crippen LogP contribution in [0.15, 0.2) is 48.8 Å². The number of carbonyl (C=O) groups is 1. The van der Waals surface area contributed by atoms with Crippen LogP contribution in [0.25, 0.3) is 11.0 Å². The number of amides is 1. The second kappa shape index (κ2) is 6.17. The third kappa shape index (κ3) is 3.45. The zero-order chi connectivity index (χ0) is 14.5. The molecule has 5 nitrogen and oxygen atoms in total. The van der Waals surface area contributed by atoms with E-state index in [1.165, 1.54) is 0 Å². The lowest BCUT2D eigenvalue weighted by atomic mass is 10.2. The van der Waals surface area contributed by atoms with Crippen molar-refractivity contribution in [3.8, 4) is 0 Å². The molecule has 5 heteroatoms. The molecule has 0 aliphatic rings. The molecule has 0 spiro atoms. The van der Waals surface area contributed by atoms with Gasteiger partial charge in [0.05, 0.1) is 11.0 Å². The fourth-order valence-corrected chi connectivity index (χ4v) is 2.15. The maximum atomic E-state index is 11.8. The van der Waals surface area contributed by atoms with Crippen molar-refractivity contribution in [1.29, 1.82) is 0 Å². The number of aromatic amines is 1. The third-order valence-corrected chi connectivity index (χ3v) is 3.27. The molecule has 0 aliphatic carbocycles. The molecule has 0 atom stereocenters. The Morgan fingerprint density at radius 1 is 1.14 bits per heavy atom. The second-order valence-electron chi connectivity index (χ2n) is 4.83. The van der Waals surface area contributed by atoms with Crippen LogP contribution in [-0.4, -0.2) is 20.9 Å². The van der Waals surface area contributed by atoms with E-state index in [1.54, 1.807) is 12.4 Å². The van der Waals surface area contributed by atoms with E-state index < -0.39 is 0 Å². The minimum atomic E-state index is 0.0206. The van der Waals surface area contributed by atoms with Crippen LogP contribution in [0.2, 0.25) is 0 Å². The molecule has 2 heterocycles. The van der Waals surface area contributed by atoms with E-state index >= 15 is 0 Å². The molecule has 3 rings (SSSR count). The molecule has 2 N–H and O–H groups in total. The summed E-state index contributed by atoms with van der Waals surface area (Å²) in [6.45, 7) is 0.529. The first kappa shape index (κ1) is 13.3.